The highest BCUT2D eigenvalue weighted by Crippen LogP contribution is 1.95. The van der Waals surface area contributed by atoms with Gasteiger partial charge >= 0.3 is 0 Å². The highest BCUT2D eigenvalue weighted by Gasteiger charge is 2.08. The van der Waals surface area contributed by atoms with Crippen LogP contribution in [-0.2, 0) is 4.79 Å². The van der Waals surface area contributed by atoms with Crippen LogP contribution in [0, 0.1) is 6.54 Å². The quantitative estimate of drug-likeness (QED) is 0.492. The Kier molecular flexibility index (Phi) is 2.00. The zero-order chi connectivity index (χ0) is 5.82. The molecule has 0 aliphatic carbocycles. The van der Waals surface area contributed by atoms with E-state index in [0.717, 1.165) is 25.8 Å². The molecule has 0 amide bonds. The van der Waals surface area contributed by atoms with E-state index in [4.69, 9.17) is 0 Å². The molecule has 1 saturated heterocycles. The molecule has 1 aliphatic rings. The van der Waals surface area contributed by atoms with Crippen LogP contribution in [0.1, 0.15) is 6.42 Å². The number of hydrogen-bond donors (Lipinski definition) is 1. The normalized spacial score (nSPS) is 21.5. The summed E-state index contributed by atoms with van der Waals surface area (Å²) in [6.07, 6.45) is 1.92. The summed E-state index contributed by atoms with van der Waals surface area (Å²) in [4.78, 5) is 9.82. The summed E-state index contributed by atoms with van der Waals surface area (Å²) < 4.78 is 0. The van der Waals surface area contributed by atoms with Gasteiger partial charge in [-0.2, -0.15) is 0 Å². The van der Waals surface area contributed by atoms with Gasteiger partial charge in [0.2, 0.25) is 0 Å². The van der Waals surface area contributed by atoms with Crippen LogP contribution in [0.4, 0.5) is 0 Å². The number of nitrogens with zero attached hydrogens (tertiary/aromatic N) is 1. The standard InChI is InChI=1S/C5H9N2O/c8-5-4-7-3-1-2-6-7/h4-6H,1-3H2. The maximum Gasteiger partial charge on any atom is 0.140 e. The van der Waals surface area contributed by atoms with E-state index in [2.05, 4.69) is 5.43 Å². The monoisotopic (exact) mass is 113 g/mol. The van der Waals surface area contributed by atoms with E-state index in [1.165, 1.54) is 6.54 Å². The summed E-state index contributed by atoms with van der Waals surface area (Å²) in [7, 11) is 0. The first kappa shape index (κ1) is 5.72. The summed E-state index contributed by atoms with van der Waals surface area (Å²) in [6, 6.07) is 0. The van der Waals surface area contributed by atoms with Gasteiger partial charge in [-0.25, -0.2) is 5.01 Å². The van der Waals surface area contributed by atoms with Gasteiger partial charge in [0, 0.05) is 13.1 Å². The van der Waals surface area contributed by atoms with Crippen molar-refractivity contribution in [1.82, 2.24) is 10.4 Å². The molecule has 1 aliphatic heterocycles. The van der Waals surface area contributed by atoms with Crippen LogP contribution >= 0.6 is 0 Å². The number of carbonyl (C=O) groups excluding carboxylic acids is 1. The fourth-order valence-corrected chi connectivity index (χ4v) is 0.752. The van der Waals surface area contributed by atoms with E-state index in [9.17, 15) is 4.79 Å². The fraction of sp³-hybridized carbons (Fsp3) is 0.600. The van der Waals surface area contributed by atoms with Gasteiger partial charge < -0.3 is 4.79 Å². The summed E-state index contributed by atoms with van der Waals surface area (Å²) in [5.74, 6) is 0. The molecule has 0 aromatic rings. The molecule has 45 valence electrons. The maximum absolute atomic E-state index is 9.82. The molecule has 1 heterocycles. The first-order chi connectivity index (χ1) is 3.93. The maximum atomic E-state index is 9.82. The Morgan fingerprint density at radius 3 is 3.00 bits per heavy atom. The van der Waals surface area contributed by atoms with Crippen LogP contribution in [0.2, 0.25) is 0 Å². The van der Waals surface area contributed by atoms with Crippen molar-refractivity contribution >= 4 is 6.29 Å². The first-order valence-electron chi connectivity index (χ1n) is 2.72. The van der Waals surface area contributed by atoms with Gasteiger partial charge in [0.1, 0.15) is 12.8 Å². The Morgan fingerprint density at radius 1 is 1.62 bits per heavy atom. The number of carbonyl (C=O) groups is 1. The third-order valence-electron chi connectivity index (χ3n) is 1.13. The van der Waals surface area contributed by atoms with Crippen LogP contribution in [0.25, 0.3) is 0 Å². The highest BCUT2D eigenvalue weighted by molar-refractivity contribution is 5.59. The lowest BCUT2D eigenvalue weighted by Gasteiger charge is -2.07. The molecule has 0 atom stereocenters. The van der Waals surface area contributed by atoms with E-state index in [1.54, 1.807) is 5.01 Å². The van der Waals surface area contributed by atoms with Crippen molar-refractivity contribution in [3.63, 3.8) is 0 Å². The first-order valence-corrected chi connectivity index (χ1v) is 2.72. The molecular weight excluding hydrogens is 104 g/mol. The van der Waals surface area contributed by atoms with Gasteiger partial charge in [0.25, 0.3) is 0 Å². The molecule has 3 heteroatoms. The molecule has 1 radical (unpaired) electrons. The van der Waals surface area contributed by atoms with Gasteiger partial charge in [0.05, 0.1) is 0 Å². The molecule has 8 heavy (non-hydrogen) atoms. The zero-order valence-electron chi connectivity index (χ0n) is 4.63. The Hall–Kier alpha value is -0.410. The smallest absolute Gasteiger partial charge is 0.140 e. The van der Waals surface area contributed by atoms with Crippen molar-refractivity contribution in [3.8, 4) is 0 Å². The van der Waals surface area contributed by atoms with Crippen LogP contribution < -0.4 is 5.43 Å². The lowest BCUT2D eigenvalue weighted by atomic mass is 10.5. The van der Waals surface area contributed by atoms with Crippen LogP contribution in [0.15, 0.2) is 0 Å². The predicted molar refractivity (Wildman–Crippen MR) is 29.7 cm³/mol. The summed E-state index contributed by atoms with van der Waals surface area (Å²) >= 11 is 0. The van der Waals surface area contributed by atoms with E-state index in [-0.39, 0.29) is 0 Å². The number of aldehydes is 1. The lowest BCUT2D eigenvalue weighted by Crippen LogP contribution is -2.28. The number of nitrogens with one attached hydrogen (secondary N) is 1. The minimum atomic E-state index is 0.790. The van der Waals surface area contributed by atoms with E-state index in [0.29, 0.717) is 0 Å². The largest absolute Gasteiger partial charge is 0.301 e. The third-order valence-corrected chi connectivity index (χ3v) is 1.13. The van der Waals surface area contributed by atoms with Crippen molar-refractivity contribution < 1.29 is 4.79 Å². The average molecular weight is 113 g/mol. The molecule has 1 N–H and O–H groups in total. The summed E-state index contributed by atoms with van der Waals surface area (Å²) in [5.41, 5.74) is 3.00. The molecule has 0 saturated carbocycles. The Bertz CT molecular complexity index is 78.5. The SMILES string of the molecule is O=C[CH]N1CCCN1. The lowest BCUT2D eigenvalue weighted by molar-refractivity contribution is -0.106. The Morgan fingerprint density at radius 2 is 2.50 bits per heavy atom. The Labute approximate surface area is 48.6 Å². The van der Waals surface area contributed by atoms with Gasteiger partial charge in [-0.05, 0) is 6.42 Å². The molecule has 1 rings (SSSR count). The Balaban J connectivity index is 2.14. The predicted octanol–water partition coefficient (Wildman–Crippen LogP) is -0.443. The van der Waals surface area contributed by atoms with E-state index < -0.39 is 0 Å². The van der Waals surface area contributed by atoms with Crippen LogP contribution in [0.3, 0.4) is 0 Å². The summed E-state index contributed by atoms with van der Waals surface area (Å²) in [6.45, 7) is 3.45. The van der Waals surface area contributed by atoms with Gasteiger partial charge in [-0.1, -0.05) is 0 Å². The number of hydrogen-bond acceptors (Lipinski definition) is 3. The minimum absolute atomic E-state index is 0.790. The van der Waals surface area contributed by atoms with Crippen molar-refractivity contribution in [2.75, 3.05) is 13.1 Å². The van der Waals surface area contributed by atoms with E-state index in [1.807, 2.05) is 0 Å². The van der Waals surface area contributed by atoms with Crippen molar-refractivity contribution in [2.45, 2.75) is 6.42 Å². The molecule has 0 unspecified atom stereocenters. The van der Waals surface area contributed by atoms with Crippen LogP contribution in [-0.4, -0.2) is 24.4 Å². The second-order valence-corrected chi connectivity index (χ2v) is 1.74. The van der Waals surface area contributed by atoms with Crippen LogP contribution in [0.5, 0.6) is 0 Å². The van der Waals surface area contributed by atoms with Gasteiger partial charge in [0.15, 0.2) is 0 Å². The van der Waals surface area contributed by atoms with Crippen molar-refractivity contribution in [2.24, 2.45) is 0 Å². The molecule has 0 aromatic carbocycles. The van der Waals surface area contributed by atoms with E-state index >= 15 is 0 Å². The molecule has 0 bridgehead atoms. The molecule has 1 fully saturated rings. The zero-order valence-corrected chi connectivity index (χ0v) is 4.63. The summed E-state index contributed by atoms with van der Waals surface area (Å²) in [5, 5.41) is 1.80. The third kappa shape index (κ3) is 1.28. The van der Waals surface area contributed by atoms with Crippen molar-refractivity contribution in [3.05, 3.63) is 6.54 Å². The number of hydrazine groups is 1. The molecular formula is C5H9N2O. The number of rotatable bonds is 2. The fourth-order valence-electron chi connectivity index (χ4n) is 0.752. The van der Waals surface area contributed by atoms with Gasteiger partial charge in [-0.15, -0.1) is 0 Å². The topological polar surface area (TPSA) is 32.3 Å². The van der Waals surface area contributed by atoms with Gasteiger partial charge in [-0.3, -0.25) is 5.43 Å². The highest BCUT2D eigenvalue weighted by atomic mass is 16.1. The molecule has 0 aromatic heterocycles. The molecule has 3 nitrogen and oxygen atoms in total. The van der Waals surface area contributed by atoms with Crippen molar-refractivity contribution in [1.29, 1.82) is 0 Å². The molecule has 0 spiro atoms. The average Bonchev–Trinajstić information content (AvgIpc) is 2.19. The second-order valence-electron chi connectivity index (χ2n) is 1.74. The second kappa shape index (κ2) is 2.79. The minimum Gasteiger partial charge on any atom is -0.301 e.